The first kappa shape index (κ1) is 19.7. The van der Waals surface area contributed by atoms with Crippen LogP contribution in [0, 0.1) is 0 Å². The van der Waals surface area contributed by atoms with Gasteiger partial charge in [-0.25, -0.2) is 0 Å². The van der Waals surface area contributed by atoms with E-state index in [1.54, 1.807) is 6.92 Å². The average molecular weight is 400 g/mol. The van der Waals surface area contributed by atoms with E-state index >= 15 is 0 Å². The predicted molar refractivity (Wildman–Crippen MR) is 119 cm³/mol. The van der Waals surface area contributed by atoms with Crippen LogP contribution in [0.15, 0.2) is 79.0 Å². The van der Waals surface area contributed by atoms with E-state index < -0.39 is 6.04 Å². The Bertz CT molecular complexity index is 1130. The molecule has 1 unspecified atom stereocenters. The van der Waals surface area contributed by atoms with Crippen LogP contribution in [0.5, 0.6) is 11.5 Å². The van der Waals surface area contributed by atoms with Crippen LogP contribution >= 0.6 is 0 Å². The summed E-state index contributed by atoms with van der Waals surface area (Å²) in [6.45, 7) is 2.10. The van der Waals surface area contributed by atoms with Crippen molar-refractivity contribution in [3.05, 3.63) is 84.6 Å². The largest absolute Gasteiger partial charge is 0.465 e. The topological polar surface area (TPSA) is 77.3 Å². The Hall–Kier alpha value is -3.57. The Kier molecular flexibility index (Phi) is 5.82. The lowest BCUT2D eigenvalue weighted by Crippen LogP contribution is -2.34. The Morgan fingerprint density at radius 2 is 1.70 bits per heavy atom. The third-order valence-corrected chi connectivity index (χ3v) is 4.97. The maximum absolute atomic E-state index is 11.9. The summed E-state index contributed by atoms with van der Waals surface area (Å²) in [6.07, 6.45) is 2.34. The second-order valence-corrected chi connectivity index (χ2v) is 7.04. The number of esters is 1. The molecular formula is C25H24N2O3. The van der Waals surface area contributed by atoms with Crippen molar-refractivity contribution in [3.63, 3.8) is 0 Å². The van der Waals surface area contributed by atoms with Crippen molar-refractivity contribution < 1.29 is 14.3 Å². The van der Waals surface area contributed by atoms with Gasteiger partial charge in [0.15, 0.2) is 0 Å². The molecule has 0 radical (unpaired) electrons. The molecule has 5 heteroatoms. The number of ether oxygens (including phenoxy) is 2. The molecule has 1 atom stereocenters. The molecular weight excluding hydrogens is 376 g/mol. The minimum atomic E-state index is -0.679. The minimum Gasteiger partial charge on any atom is -0.465 e. The number of carbonyl (C=O) groups excluding carboxylic acids is 1. The Morgan fingerprint density at radius 3 is 2.43 bits per heavy atom. The Morgan fingerprint density at radius 1 is 0.967 bits per heavy atom. The van der Waals surface area contributed by atoms with E-state index in [9.17, 15) is 4.79 Å². The maximum atomic E-state index is 11.9. The van der Waals surface area contributed by atoms with E-state index in [1.807, 2.05) is 72.9 Å². The number of hydrogen-bond donors (Lipinski definition) is 2. The predicted octanol–water partition coefficient (Wildman–Crippen LogP) is 5.06. The van der Waals surface area contributed by atoms with Crippen LogP contribution in [0.25, 0.3) is 22.0 Å². The molecule has 30 heavy (non-hydrogen) atoms. The van der Waals surface area contributed by atoms with E-state index in [-0.39, 0.29) is 5.97 Å². The van der Waals surface area contributed by atoms with E-state index in [2.05, 4.69) is 11.1 Å². The number of carbonyl (C=O) groups is 1. The summed E-state index contributed by atoms with van der Waals surface area (Å²) >= 11 is 0. The number of nitrogens with one attached hydrogen (secondary N) is 1. The van der Waals surface area contributed by atoms with Gasteiger partial charge in [-0.1, -0.05) is 48.5 Å². The second kappa shape index (κ2) is 8.84. The van der Waals surface area contributed by atoms with Crippen molar-refractivity contribution in [3.8, 4) is 22.6 Å². The molecule has 0 bridgehead atoms. The number of H-pyrrole nitrogens is 1. The van der Waals surface area contributed by atoms with Gasteiger partial charge < -0.3 is 20.2 Å². The molecule has 0 spiro atoms. The van der Waals surface area contributed by atoms with Crippen molar-refractivity contribution in [2.24, 2.45) is 5.73 Å². The summed E-state index contributed by atoms with van der Waals surface area (Å²) in [5.41, 5.74) is 10.2. The lowest BCUT2D eigenvalue weighted by molar-refractivity contribution is -0.144. The van der Waals surface area contributed by atoms with Crippen molar-refractivity contribution >= 4 is 16.9 Å². The monoisotopic (exact) mass is 400 g/mol. The number of hydrogen-bond acceptors (Lipinski definition) is 4. The van der Waals surface area contributed by atoms with Crippen LogP contribution in [0.4, 0.5) is 0 Å². The molecule has 0 saturated heterocycles. The van der Waals surface area contributed by atoms with Gasteiger partial charge in [-0.05, 0) is 42.3 Å². The molecule has 0 aliphatic heterocycles. The van der Waals surface area contributed by atoms with Crippen LogP contribution in [0.1, 0.15) is 12.5 Å². The lowest BCUT2D eigenvalue weighted by Gasteiger charge is -2.10. The highest BCUT2D eigenvalue weighted by molar-refractivity contribution is 5.96. The molecule has 4 rings (SSSR count). The zero-order chi connectivity index (χ0) is 20.9. The lowest BCUT2D eigenvalue weighted by atomic mass is 10.00. The third-order valence-electron chi connectivity index (χ3n) is 4.97. The van der Waals surface area contributed by atoms with Gasteiger partial charge in [0.2, 0.25) is 0 Å². The fourth-order valence-corrected chi connectivity index (χ4v) is 3.52. The number of benzene rings is 3. The first-order valence-corrected chi connectivity index (χ1v) is 10.00. The van der Waals surface area contributed by atoms with Gasteiger partial charge in [0.05, 0.1) is 12.1 Å². The molecule has 0 aliphatic carbocycles. The molecule has 1 heterocycles. The van der Waals surface area contributed by atoms with E-state index in [0.29, 0.717) is 13.0 Å². The van der Waals surface area contributed by atoms with Gasteiger partial charge in [0.1, 0.15) is 17.5 Å². The smallest absolute Gasteiger partial charge is 0.323 e. The first-order chi connectivity index (χ1) is 14.7. The molecule has 0 fully saturated rings. The van der Waals surface area contributed by atoms with Gasteiger partial charge in [-0.3, -0.25) is 4.79 Å². The van der Waals surface area contributed by atoms with E-state index in [1.165, 1.54) is 0 Å². The van der Waals surface area contributed by atoms with Gasteiger partial charge in [0.25, 0.3) is 0 Å². The summed E-state index contributed by atoms with van der Waals surface area (Å²) < 4.78 is 10.9. The third kappa shape index (κ3) is 4.21. The molecule has 4 aromatic rings. The van der Waals surface area contributed by atoms with Crippen LogP contribution in [-0.4, -0.2) is 23.6 Å². The number of rotatable bonds is 7. The van der Waals surface area contributed by atoms with E-state index in [0.717, 1.165) is 39.1 Å². The number of fused-ring (bicyclic) bond motifs is 1. The van der Waals surface area contributed by atoms with Gasteiger partial charge >= 0.3 is 5.97 Å². The highest BCUT2D eigenvalue weighted by atomic mass is 16.5. The first-order valence-electron chi connectivity index (χ1n) is 10.00. The number of aromatic amines is 1. The molecule has 1 aromatic heterocycles. The average Bonchev–Trinajstić information content (AvgIpc) is 3.18. The molecule has 3 N–H and O–H groups in total. The fourth-order valence-electron chi connectivity index (χ4n) is 3.52. The standard InChI is InChI=1S/C25H24N2O3/c1-2-29-25(28)23(26)15-18-16-27-24-21(9-6-10-22(18)24)17-11-13-20(14-12-17)30-19-7-4-3-5-8-19/h3-14,16,23,27H,2,15,26H2,1H3. The summed E-state index contributed by atoms with van der Waals surface area (Å²) in [4.78, 5) is 15.2. The van der Waals surface area contributed by atoms with Crippen LogP contribution < -0.4 is 10.5 Å². The molecule has 152 valence electrons. The summed E-state index contributed by atoms with van der Waals surface area (Å²) in [6, 6.07) is 23.1. The quantitative estimate of drug-likeness (QED) is 0.425. The van der Waals surface area contributed by atoms with Gasteiger partial charge in [-0.2, -0.15) is 0 Å². The molecule has 0 aliphatic rings. The second-order valence-electron chi connectivity index (χ2n) is 7.04. The highest BCUT2D eigenvalue weighted by Crippen LogP contribution is 2.32. The van der Waals surface area contributed by atoms with Crippen molar-refractivity contribution in [2.45, 2.75) is 19.4 Å². The maximum Gasteiger partial charge on any atom is 0.323 e. The summed E-state index contributed by atoms with van der Waals surface area (Å²) in [5.74, 6) is 1.21. The number of aromatic nitrogens is 1. The molecule has 0 saturated carbocycles. The SMILES string of the molecule is CCOC(=O)C(N)Cc1c[nH]c2c(-c3ccc(Oc4ccccc4)cc3)cccc12. The van der Waals surface area contributed by atoms with Crippen molar-refractivity contribution in [1.82, 2.24) is 4.98 Å². The zero-order valence-corrected chi connectivity index (χ0v) is 16.8. The van der Waals surface area contributed by atoms with Crippen LogP contribution in [0.3, 0.4) is 0 Å². The summed E-state index contributed by atoms with van der Waals surface area (Å²) in [5, 5.41) is 1.05. The molecule has 0 amide bonds. The fraction of sp³-hybridized carbons (Fsp3) is 0.160. The zero-order valence-electron chi connectivity index (χ0n) is 16.8. The van der Waals surface area contributed by atoms with Crippen molar-refractivity contribution in [2.75, 3.05) is 6.61 Å². The Labute approximate surface area is 175 Å². The Balaban J connectivity index is 1.57. The number of nitrogens with two attached hydrogens (primary N) is 1. The van der Waals surface area contributed by atoms with Crippen LogP contribution in [-0.2, 0) is 16.0 Å². The van der Waals surface area contributed by atoms with Gasteiger partial charge in [0, 0.05) is 23.6 Å². The van der Waals surface area contributed by atoms with E-state index in [4.69, 9.17) is 15.2 Å². The summed E-state index contributed by atoms with van der Waals surface area (Å²) in [7, 11) is 0. The highest BCUT2D eigenvalue weighted by Gasteiger charge is 2.18. The molecule has 3 aromatic carbocycles. The molecule has 5 nitrogen and oxygen atoms in total. The van der Waals surface area contributed by atoms with Crippen molar-refractivity contribution in [1.29, 1.82) is 0 Å². The van der Waals surface area contributed by atoms with Crippen LogP contribution in [0.2, 0.25) is 0 Å². The minimum absolute atomic E-state index is 0.328. The van der Waals surface area contributed by atoms with Gasteiger partial charge in [-0.15, -0.1) is 0 Å². The number of para-hydroxylation sites is 2. The normalized spacial score (nSPS) is 11.9.